The number of aromatic nitrogens is 1. The number of hydrogen-bond donors (Lipinski definition) is 3. The lowest BCUT2D eigenvalue weighted by molar-refractivity contribution is -0.108. The second-order valence-electron chi connectivity index (χ2n) is 6.62. The van der Waals surface area contributed by atoms with E-state index in [1.54, 1.807) is 0 Å². The summed E-state index contributed by atoms with van der Waals surface area (Å²) in [5.74, 6) is 0.321. The maximum atomic E-state index is 10.7. The van der Waals surface area contributed by atoms with E-state index in [0.717, 1.165) is 40.7 Å². The average molecular weight is 360 g/mol. The smallest absolute Gasteiger partial charge is 0.213 e. The third-order valence-corrected chi connectivity index (χ3v) is 4.66. The first-order chi connectivity index (χ1) is 13.1. The molecule has 0 saturated carbocycles. The van der Waals surface area contributed by atoms with E-state index in [9.17, 15) is 4.79 Å². The van der Waals surface area contributed by atoms with Gasteiger partial charge in [-0.1, -0.05) is 68.8 Å². The SMILES string of the molecule is CCCC(C)c1cccc2c(NC(=N)NC=O)cc(-c3ccccc3)nc12. The zero-order valence-corrected chi connectivity index (χ0v) is 15.6. The molecule has 1 unspecified atom stereocenters. The monoisotopic (exact) mass is 360 g/mol. The maximum absolute atomic E-state index is 10.7. The largest absolute Gasteiger partial charge is 0.325 e. The molecule has 2 aromatic carbocycles. The lowest BCUT2D eigenvalue weighted by atomic mass is 9.93. The Labute approximate surface area is 159 Å². The van der Waals surface area contributed by atoms with Crippen molar-refractivity contribution in [1.82, 2.24) is 10.3 Å². The predicted molar refractivity (Wildman–Crippen MR) is 111 cm³/mol. The van der Waals surface area contributed by atoms with Gasteiger partial charge in [0.1, 0.15) is 0 Å². The average Bonchev–Trinajstić information content (AvgIpc) is 2.68. The molecule has 0 fully saturated rings. The minimum atomic E-state index is -0.0662. The van der Waals surface area contributed by atoms with Gasteiger partial charge in [-0.3, -0.25) is 15.5 Å². The van der Waals surface area contributed by atoms with Crippen LogP contribution in [0, 0.1) is 5.41 Å². The molecule has 1 amide bonds. The molecule has 0 aliphatic carbocycles. The Bertz CT molecular complexity index is 953. The molecule has 1 heterocycles. The van der Waals surface area contributed by atoms with Crippen LogP contribution in [0.15, 0.2) is 54.6 Å². The lowest BCUT2D eigenvalue weighted by Crippen LogP contribution is -2.28. The van der Waals surface area contributed by atoms with E-state index in [1.165, 1.54) is 5.56 Å². The number of guanidine groups is 1. The number of pyridine rings is 1. The first-order valence-electron chi connectivity index (χ1n) is 9.19. The van der Waals surface area contributed by atoms with Gasteiger partial charge in [-0.25, -0.2) is 4.98 Å². The van der Waals surface area contributed by atoms with Crippen LogP contribution in [-0.4, -0.2) is 17.4 Å². The maximum Gasteiger partial charge on any atom is 0.213 e. The summed E-state index contributed by atoms with van der Waals surface area (Å²) in [7, 11) is 0. The van der Waals surface area contributed by atoms with E-state index in [2.05, 4.69) is 30.5 Å². The van der Waals surface area contributed by atoms with Crippen LogP contribution in [0.1, 0.15) is 38.2 Å². The predicted octanol–water partition coefficient (Wildman–Crippen LogP) is 4.90. The summed E-state index contributed by atoms with van der Waals surface area (Å²) >= 11 is 0. The number of nitrogens with zero attached hydrogens (tertiary/aromatic N) is 1. The molecule has 0 radical (unpaired) electrons. The molecule has 0 aliphatic rings. The van der Waals surface area contributed by atoms with Gasteiger partial charge in [-0.15, -0.1) is 0 Å². The Morgan fingerprint density at radius 3 is 2.67 bits per heavy atom. The first-order valence-corrected chi connectivity index (χ1v) is 9.19. The lowest BCUT2D eigenvalue weighted by Gasteiger charge is -2.17. The van der Waals surface area contributed by atoms with E-state index in [4.69, 9.17) is 10.4 Å². The van der Waals surface area contributed by atoms with Crippen LogP contribution in [0.25, 0.3) is 22.2 Å². The Balaban J connectivity index is 2.20. The van der Waals surface area contributed by atoms with E-state index in [0.29, 0.717) is 12.3 Å². The molecule has 138 valence electrons. The van der Waals surface area contributed by atoms with Gasteiger partial charge in [0.2, 0.25) is 6.41 Å². The van der Waals surface area contributed by atoms with Crippen LogP contribution in [0.4, 0.5) is 5.69 Å². The third-order valence-electron chi connectivity index (χ3n) is 4.66. The third kappa shape index (κ3) is 4.14. The molecule has 5 nitrogen and oxygen atoms in total. The van der Waals surface area contributed by atoms with E-state index in [1.807, 2.05) is 48.5 Å². The number of benzene rings is 2. The van der Waals surface area contributed by atoms with Crippen molar-refractivity contribution in [2.75, 3.05) is 5.32 Å². The van der Waals surface area contributed by atoms with Gasteiger partial charge in [0.15, 0.2) is 5.96 Å². The molecule has 1 aromatic heterocycles. The second kappa shape index (κ2) is 8.45. The standard InChI is InChI=1S/C22H24N4O/c1-3-8-15(2)17-11-7-12-18-20(26-22(23)24-14-27)13-19(25-21(17)18)16-9-5-4-6-10-16/h4-7,9-15H,3,8H2,1-2H3,(H3,23,24,25,26,27). The minimum Gasteiger partial charge on any atom is -0.325 e. The molecule has 3 rings (SSSR count). The fourth-order valence-electron chi connectivity index (χ4n) is 3.35. The number of carbonyl (C=O) groups is 1. The number of para-hydroxylation sites is 1. The molecule has 0 aliphatic heterocycles. The molecule has 3 N–H and O–H groups in total. The van der Waals surface area contributed by atoms with E-state index >= 15 is 0 Å². The van der Waals surface area contributed by atoms with E-state index in [-0.39, 0.29) is 5.96 Å². The molecule has 3 aromatic rings. The van der Waals surface area contributed by atoms with Crippen LogP contribution in [-0.2, 0) is 4.79 Å². The minimum absolute atomic E-state index is 0.0662. The number of rotatable bonds is 6. The first kappa shape index (κ1) is 18.6. The molecule has 0 saturated heterocycles. The van der Waals surface area contributed by atoms with Crippen molar-refractivity contribution < 1.29 is 4.79 Å². The number of amides is 1. The molecular formula is C22H24N4O. The van der Waals surface area contributed by atoms with Gasteiger partial charge in [0.25, 0.3) is 0 Å². The highest BCUT2D eigenvalue weighted by molar-refractivity contribution is 6.05. The van der Waals surface area contributed by atoms with Crippen molar-refractivity contribution >= 4 is 29.0 Å². The van der Waals surface area contributed by atoms with Crippen LogP contribution in [0.2, 0.25) is 0 Å². The van der Waals surface area contributed by atoms with Crippen LogP contribution in [0.5, 0.6) is 0 Å². The van der Waals surface area contributed by atoms with Crippen LogP contribution >= 0.6 is 0 Å². The normalized spacial score (nSPS) is 11.8. The fourth-order valence-corrected chi connectivity index (χ4v) is 3.35. The summed E-state index contributed by atoms with van der Waals surface area (Å²) in [5.41, 5.74) is 4.73. The van der Waals surface area contributed by atoms with Crippen molar-refractivity contribution in [3.05, 3.63) is 60.2 Å². The zero-order valence-electron chi connectivity index (χ0n) is 15.6. The summed E-state index contributed by atoms with van der Waals surface area (Å²) < 4.78 is 0. The molecule has 0 bridgehead atoms. The summed E-state index contributed by atoms with van der Waals surface area (Å²) in [6, 6.07) is 18.0. The fraction of sp³-hybridized carbons (Fsp3) is 0.227. The Morgan fingerprint density at radius 1 is 1.19 bits per heavy atom. The molecule has 27 heavy (non-hydrogen) atoms. The summed E-state index contributed by atoms with van der Waals surface area (Å²) in [6.45, 7) is 4.40. The second-order valence-corrected chi connectivity index (χ2v) is 6.62. The van der Waals surface area contributed by atoms with Crippen LogP contribution in [0.3, 0.4) is 0 Å². The Hall–Kier alpha value is -3.21. The van der Waals surface area contributed by atoms with Crippen molar-refractivity contribution in [3.8, 4) is 11.3 Å². The van der Waals surface area contributed by atoms with Gasteiger partial charge in [0.05, 0.1) is 16.9 Å². The van der Waals surface area contributed by atoms with Gasteiger partial charge >= 0.3 is 0 Å². The summed E-state index contributed by atoms with van der Waals surface area (Å²) in [6.07, 6.45) is 2.68. The van der Waals surface area contributed by atoms with Gasteiger partial charge in [0, 0.05) is 10.9 Å². The van der Waals surface area contributed by atoms with Crippen molar-refractivity contribution in [1.29, 1.82) is 5.41 Å². The molecule has 0 spiro atoms. The number of anilines is 1. The van der Waals surface area contributed by atoms with Gasteiger partial charge < -0.3 is 5.32 Å². The van der Waals surface area contributed by atoms with Crippen molar-refractivity contribution in [2.45, 2.75) is 32.6 Å². The Kier molecular flexibility index (Phi) is 5.81. The zero-order chi connectivity index (χ0) is 19.2. The summed E-state index contributed by atoms with van der Waals surface area (Å²) in [4.78, 5) is 15.6. The highest BCUT2D eigenvalue weighted by atomic mass is 16.1. The Morgan fingerprint density at radius 2 is 1.96 bits per heavy atom. The van der Waals surface area contributed by atoms with Crippen LogP contribution < -0.4 is 10.6 Å². The number of fused-ring (bicyclic) bond motifs is 1. The highest BCUT2D eigenvalue weighted by Gasteiger charge is 2.15. The number of hydrogen-bond acceptors (Lipinski definition) is 3. The highest BCUT2D eigenvalue weighted by Crippen LogP contribution is 2.34. The van der Waals surface area contributed by atoms with E-state index < -0.39 is 0 Å². The van der Waals surface area contributed by atoms with Gasteiger partial charge in [-0.05, 0) is 24.0 Å². The topological polar surface area (TPSA) is 77.9 Å². The molecule has 1 atom stereocenters. The molecule has 5 heteroatoms. The molecular weight excluding hydrogens is 336 g/mol. The number of carbonyl (C=O) groups excluding carboxylic acids is 1. The number of nitrogens with one attached hydrogen (secondary N) is 3. The van der Waals surface area contributed by atoms with Gasteiger partial charge in [-0.2, -0.15) is 0 Å². The van der Waals surface area contributed by atoms with Crippen molar-refractivity contribution in [3.63, 3.8) is 0 Å². The summed E-state index contributed by atoms with van der Waals surface area (Å²) in [5, 5.41) is 14.2. The quantitative estimate of drug-likeness (QED) is 0.332. The van der Waals surface area contributed by atoms with Crippen molar-refractivity contribution in [2.24, 2.45) is 0 Å².